The fraction of sp³-hybridized carbons (Fsp3) is 0. The van der Waals surface area contributed by atoms with Gasteiger partial charge < -0.3 is 27.5 Å². The van der Waals surface area contributed by atoms with Crippen LogP contribution >= 0.6 is 0 Å². The number of furan rings is 2. The van der Waals surface area contributed by atoms with Crippen molar-refractivity contribution in [3.05, 3.63) is 429 Å². The summed E-state index contributed by atoms with van der Waals surface area (Å²) in [6, 6.07) is 144. The van der Waals surface area contributed by atoms with E-state index in [1.54, 1.807) is 6.07 Å². The van der Waals surface area contributed by atoms with Crippen LogP contribution in [0.4, 0.5) is 4.39 Å². The van der Waals surface area contributed by atoms with Crippen molar-refractivity contribution in [3.63, 3.8) is 0 Å². The Balaban J connectivity index is 0.000000120. The Morgan fingerprint density at radius 2 is 0.618 bits per heavy atom. The van der Waals surface area contributed by atoms with Gasteiger partial charge in [-0.1, -0.05) is 279 Å². The van der Waals surface area contributed by atoms with Crippen molar-refractivity contribution in [3.8, 4) is 120 Å². The van der Waals surface area contributed by atoms with E-state index >= 15 is 0 Å². The van der Waals surface area contributed by atoms with E-state index < -0.39 is 5.82 Å². The van der Waals surface area contributed by atoms with Gasteiger partial charge in [-0.3, -0.25) is 0 Å². The second kappa shape index (κ2) is 31.7. The van der Waals surface area contributed by atoms with E-state index in [0.717, 1.165) is 155 Å². The van der Waals surface area contributed by atoms with Crippen LogP contribution in [0.25, 0.3) is 239 Å². The summed E-state index contributed by atoms with van der Waals surface area (Å²) in [6.07, 6.45) is 0. The lowest BCUT2D eigenvalue weighted by molar-refractivity contribution is 0.624. The third kappa shape index (κ3) is 13.3. The highest BCUT2D eigenvalue weighted by atomic mass is 19.1. The maximum absolute atomic E-state index is 13.9. The number of aromatic nitrogens is 10. The number of rotatable bonds is 11. The van der Waals surface area contributed by atoms with Crippen molar-refractivity contribution < 1.29 is 13.2 Å². The molecule has 0 bridgehead atoms. The van der Waals surface area contributed by atoms with Gasteiger partial charge in [0.05, 0.1) is 55.4 Å². The minimum atomic E-state index is -0.575. The molecule has 0 unspecified atom stereocenters. The number of nitrogens with zero attached hydrogens (tertiary/aromatic N) is 11. The Morgan fingerprint density at radius 1 is 0.244 bits per heavy atom. The zero-order valence-electron chi connectivity index (χ0n) is 69.9. The van der Waals surface area contributed by atoms with Crippen molar-refractivity contribution in [1.82, 2.24) is 48.6 Å². The van der Waals surface area contributed by atoms with Gasteiger partial charge in [0.15, 0.2) is 34.9 Å². The molecule has 15 heteroatoms. The first-order valence-electron chi connectivity index (χ1n) is 43.2. The predicted octanol–water partition coefficient (Wildman–Crippen LogP) is 29.4. The molecule has 1 N–H and O–H groups in total. The van der Waals surface area contributed by atoms with Crippen molar-refractivity contribution in [1.29, 1.82) is 10.5 Å². The van der Waals surface area contributed by atoms with E-state index in [-0.39, 0.29) is 5.56 Å². The molecule has 0 saturated carbocycles. The summed E-state index contributed by atoms with van der Waals surface area (Å²) >= 11 is 0. The zero-order valence-corrected chi connectivity index (χ0v) is 69.9. The number of benzene rings is 18. The summed E-state index contributed by atoms with van der Waals surface area (Å²) in [5.41, 5.74) is 24.9. The molecule has 0 amide bonds. The molecule has 8 aromatic heterocycles. The minimum absolute atomic E-state index is 0.0539. The monoisotopic (exact) mass is 1680 g/mol. The molecule has 0 radical (unpaired) electrons. The number of hydrogen-bond acceptors (Lipinski definition) is 10. The summed E-state index contributed by atoms with van der Waals surface area (Å²) in [6.45, 7) is 0. The SMILES string of the molecule is N#Cc1cc(-c2nc(-c3ccccc3)nc(-c3cccc(-c4ccccc4)c3)n2)ccc1-n1c2ccccc2c2ccc3c(c4ccccc4n3-c3ccc4oc5ccccc5c4c3)c21.N#Cc1cc(-c2nc(-c3ccccc3)nc(-c3cccc(-c4ccccc4)c3)n2)ccc1F.c1ccc2c(c1)[nH]c1c2ccc2c1c1ccccc1n2-c1ccc2oc3ccccc3c2c1. The molecule has 18 aromatic carbocycles. The molecule has 0 aliphatic carbocycles. The van der Waals surface area contributed by atoms with Crippen LogP contribution in [0.3, 0.4) is 0 Å². The van der Waals surface area contributed by atoms with Crippen LogP contribution in [-0.4, -0.2) is 48.6 Å². The Morgan fingerprint density at radius 3 is 1.13 bits per heavy atom. The van der Waals surface area contributed by atoms with Crippen molar-refractivity contribution in [2.45, 2.75) is 0 Å². The van der Waals surface area contributed by atoms with Crippen LogP contribution in [-0.2, 0) is 0 Å². The average molecular weight is 1680 g/mol. The van der Waals surface area contributed by atoms with E-state index in [4.69, 9.17) is 28.8 Å². The Kier molecular flexibility index (Phi) is 18.5. The maximum Gasteiger partial charge on any atom is 0.164 e. The molecule has 0 aliphatic rings. The molecular formula is C116H69FN12O2. The van der Waals surface area contributed by atoms with Gasteiger partial charge in [0.2, 0.25) is 0 Å². The number of H-pyrrole nitrogens is 1. The van der Waals surface area contributed by atoms with Gasteiger partial charge in [0.1, 0.15) is 40.3 Å². The first kappa shape index (κ1) is 76.4. The topological polar surface area (TPSA) is 182 Å². The molecule has 26 aromatic rings. The highest BCUT2D eigenvalue weighted by molar-refractivity contribution is 6.28. The second-order valence-corrected chi connectivity index (χ2v) is 32.4. The molecule has 131 heavy (non-hydrogen) atoms. The van der Waals surface area contributed by atoms with Crippen LogP contribution in [0.2, 0.25) is 0 Å². The van der Waals surface area contributed by atoms with Crippen molar-refractivity contribution in [2.75, 3.05) is 0 Å². The summed E-state index contributed by atoms with van der Waals surface area (Å²) in [4.78, 5) is 32.9. The number of nitriles is 2. The number of nitrogens with one attached hydrogen (secondary N) is 1. The third-order valence-electron chi connectivity index (χ3n) is 24.8. The lowest BCUT2D eigenvalue weighted by atomic mass is 10.0. The smallest absolute Gasteiger partial charge is 0.164 e. The average Bonchev–Trinajstić information content (AvgIpc) is 1.56. The van der Waals surface area contributed by atoms with Crippen LogP contribution in [0.15, 0.2) is 421 Å². The Hall–Kier alpha value is -18.3. The third-order valence-corrected chi connectivity index (χ3v) is 24.8. The highest BCUT2D eigenvalue weighted by Crippen LogP contribution is 2.46. The van der Waals surface area contributed by atoms with Crippen molar-refractivity contribution in [2.24, 2.45) is 0 Å². The molecule has 14 nitrogen and oxygen atoms in total. The van der Waals surface area contributed by atoms with Crippen LogP contribution < -0.4 is 0 Å². The number of aromatic amines is 1. The van der Waals surface area contributed by atoms with Crippen LogP contribution in [0.5, 0.6) is 0 Å². The molecule has 612 valence electrons. The van der Waals surface area contributed by atoms with Gasteiger partial charge in [-0.15, -0.1) is 0 Å². The second-order valence-electron chi connectivity index (χ2n) is 32.4. The number of fused-ring (bicyclic) bond motifs is 20. The summed E-state index contributed by atoms with van der Waals surface area (Å²) < 4.78 is 33.2. The Labute approximate surface area is 747 Å². The summed E-state index contributed by atoms with van der Waals surface area (Å²) in [7, 11) is 0. The number of para-hydroxylation sites is 6. The van der Waals surface area contributed by atoms with Crippen molar-refractivity contribution >= 4 is 131 Å². The molecule has 0 aliphatic heterocycles. The van der Waals surface area contributed by atoms with E-state index in [1.165, 1.54) is 55.7 Å². The fourth-order valence-electron chi connectivity index (χ4n) is 18.7. The van der Waals surface area contributed by atoms with E-state index in [0.29, 0.717) is 46.1 Å². The van der Waals surface area contributed by atoms with E-state index in [9.17, 15) is 14.9 Å². The molecule has 0 spiro atoms. The Bertz CT molecular complexity index is 9170. The lowest BCUT2D eigenvalue weighted by Gasteiger charge is -2.13. The van der Waals surface area contributed by atoms with Crippen LogP contribution in [0.1, 0.15) is 11.1 Å². The molecule has 8 heterocycles. The van der Waals surface area contributed by atoms with Gasteiger partial charge in [0, 0.05) is 115 Å². The van der Waals surface area contributed by atoms with E-state index in [2.05, 4.69) is 253 Å². The lowest BCUT2D eigenvalue weighted by Crippen LogP contribution is -2.02. The zero-order chi connectivity index (χ0) is 87.2. The van der Waals surface area contributed by atoms with Gasteiger partial charge in [-0.25, -0.2) is 34.3 Å². The standard InChI is InChI=1S/C58H34N6O.C30H18N2O.C28H17FN4/c59-35-41-33-40(58-61-56(37-16-5-2-6-17-37)60-57(62-58)39-19-13-18-38(32-39)36-14-3-1-4-15-36)26-29-48(41)64-49-23-10-7-20-43(49)45-28-30-51-54(55(45)64)46-22-8-11-24-50(46)63(51)42-27-31-53-47(34-42)44-21-9-12-25-52(44)65-53;1-4-10-24-19(7-1)21-14-15-26-29(30(21)31-24)22-9-2-5-11-25(22)32(26)18-13-16-28-23(17-18)20-8-3-6-12-27(20)33-28;29-25-15-14-23(17-24(25)18-30)28-32-26(20-10-5-2-6-11-20)31-27(33-28)22-13-7-12-21(16-22)19-8-3-1-4-9-19/h1-34H;1-17,31H;1-17H. The first-order valence-corrected chi connectivity index (χ1v) is 43.2. The fourth-order valence-corrected chi connectivity index (χ4v) is 18.7. The highest BCUT2D eigenvalue weighted by Gasteiger charge is 2.26. The normalized spacial score (nSPS) is 11.5. The van der Waals surface area contributed by atoms with Gasteiger partial charge >= 0.3 is 0 Å². The minimum Gasteiger partial charge on any atom is -0.456 e. The number of halogens is 1. The molecule has 26 rings (SSSR count). The van der Waals surface area contributed by atoms with E-state index in [1.807, 2.05) is 182 Å². The summed E-state index contributed by atoms with van der Waals surface area (Å²) in [5.74, 6) is 2.39. The maximum atomic E-state index is 13.9. The predicted molar refractivity (Wildman–Crippen MR) is 526 cm³/mol. The van der Waals surface area contributed by atoms with Gasteiger partial charge in [0.25, 0.3) is 0 Å². The van der Waals surface area contributed by atoms with Gasteiger partial charge in [-0.2, -0.15) is 10.5 Å². The van der Waals surface area contributed by atoms with Gasteiger partial charge in [-0.05, 0) is 156 Å². The quantitative estimate of drug-likeness (QED) is 0.131. The summed E-state index contributed by atoms with van der Waals surface area (Å²) in [5, 5.41) is 34.2. The van der Waals surface area contributed by atoms with Crippen LogP contribution in [0, 0.1) is 28.5 Å². The molecular weight excluding hydrogens is 1610 g/mol. The molecule has 0 atom stereocenters. The largest absolute Gasteiger partial charge is 0.456 e. The first-order chi connectivity index (χ1) is 64.8. The molecule has 0 fully saturated rings. The molecule has 0 saturated heterocycles. The number of hydrogen-bond donors (Lipinski definition) is 1.